The van der Waals surface area contributed by atoms with Crippen LogP contribution < -0.4 is 5.32 Å². The third-order valence-corrected chi connectivity index (χ3v) is 5.08. The zero-order valence-electron chi connectivity index (χ0n) is 13.2. The van der Waals surface area contributed by atoms with E-state index >= 15 is 0 Å². The second-order valence-electron chi connectivity index (χ2n) is 5.52. The Kier molecular flexibility index (Phi) is 4.10. The van der Waals surface area contributed by atoms with Crippen molar-refractivity contribution in [3.63, 3.8) is 0 Å². The van der Waals surface area contributed by atoms with Gasteiger partial charge in [0.05, 0.1) is 5.69 Å². The van der Waals surface area contributed by atoms with E-state index in [2.05, 4.69) is 31.2 Å². The van der Waals surface area contributed by atoms with Gasteiger partial charge < -0.3 is 4.40 Å². The van der Waals surface area contributed by atoms with Crippen LogP contribution in [-0.4, -0.2) is 20.3 Å². The van der Waals surface area contributed by atoms with Crippen molar-refractivity contribution >= 4 is 44.0 Å². The van der Waals surface area contributed by atoms with E-state index in [0.29, 0.717) is 10.8 Å². The number of carbonyl (C=O) groups excluding carboxylic acids is 1. The smallest absolute Gasteiger partial charge is 0.277 e. The number of aromatic nitrogens is 3. The molecule has 1 amide bonds. The highest BCUT2D eigenvalue weighted by molar-refractivity contribution is 9.10. The molecule has 1 N–H and O–H groups in total. The van der Waals surface area contributed by atoms with E-state index in [1.807, 2.05) is 59.2 Å². The number of nitrogens with one attached hydrogen (secondary N) is 1. The van der Waals surface area contributed by atoms with Crippen LogP contribution in [0.2, 0.25) is 0 Å². The average Bonchev–Trinajstić information content (AvgIpc) is 3.23. The largest absolute Gasteiger partial charge is 0.304 e. The van der Waals surface area contributed by atoms with E-state index in [1.165, 1.54) is 11.3 Å². The number of aryl methyl sites for hydroxylation is 1. The molecule has 0 radical (unpaired) electrons. The lowest BCUT2D eigenvalue weighted by molar-refractivity contribution is 0.102. The van der Waals surface area contributed by atoms with Gasteiger partial charge in [-0.1, -0.05) is 34.1 Å². The number of hydrogen-bond acceptors (Lipinski definition) is 4. The Morgan fingerprint density at radius 2 is 1.96 bits per heavy atom. The molecule has 7 heteroatoms. The maximum Gasteiger partial charge on any atom is 0.277 e. The van der Waals surface area contributed by atoms with Gasteiger partial charge in [-0.2, -0.15) is 0 Å². The number of anilines is 1. The van der Waals surface area contributed by atoms with Crippen molar-refractivity contribution in [2.45, 2.75) is 6.92 Å². The standard InChI is InChI=1S/C18H13BrN4OS/c1-11-3-2-4-16-20-14(9-23(11)16)17(24)22-18-21-15(10-25-18)12-5-7-13(19)8-6-12/h2-10H,1H3,(H,21,22,24). The van der Waals surface area contributed by atoms with Gasteiger partial charge in [0.25, 0.3) is 5.91 Å². The molecule has 3 aromatic heterocycles. The SMILES string of the molecule is Cc1cccc2nc(C(=O)Nc3nc(-c4ccc(Br)cc4)cs3)cn12. The molecule has 0 bridgehead atoms. The van der Waals surface area contributed by atoms with Crippen LogP contribution in [0, 0.1) is 6.92 Å². The molecule has 0 aliphatic carbocycles. The van der Waals surface area contributed by atoms with Gasteiger partial charge in [-0.3, -0.25) is 10.1 Å². The summed E-state index contributed by atoms with van der Waals surface area (Å²) in [6.45, 7) is 1.97. The topological polar surface area (TPSA) is 59.3 Å². The molecule has 3 heterocycles. The van der Waals surface area contributed by atoms with Crippen LogP contribution >= 0.6 is 27.3 Å². The number of imidazole rings is 1. The molecule has 0 fully saturated rings. The van der Waals surface area contributed by atoms with Crippen molar-refractivity contribution in [1.29, 1.82) is 0 Å². The van der Waals surface area contributed by atoms with Gasteiger partial charge in [0.15, 0.2) is 5.13 Å². The van der Waals surface area contributed by atoms with E-state index in [9.17, 15) is 4.79 Å². The lowest BCUT2D eigenvalue weighted by atomic mass is 10.2. The first kappa shape index (κ1) is 16.0. The highest BCUT2D eigenvalue weighted by atomic mass is 79.9. The molecule has 0 saturated heterocycles. The van der Waals surface area contributed by atoms with Gasteiger partial charge >= 0.3 is 0 Å². The lowest BCUT2D eigenvalue weighted by Gasteiger charge is -1.98. The lowest BCUT2D eigenvalue weighted by Crippen LogP contribution is -2.12. The first-order chi connectivity index (χ1) is 12.1. The van der Waals surface area contributed by atoms with Crippen LogP contribution in [0.15, 0.2) is 58.5 Å². The summed E-state index contributed by atoms with van der Waals surface area (Å²) in [5, 5.41) is 5.30. The summed E-state index contributed by atoms with van der Waals surface area (Å²) in [7, 11) is 0. The van der Waals surface area contributed by atoms with Crippen LogP contribution in [0.25, 0.3) is 16.9 Å². The third kappa shape index (κ3) is 3.20. The number of amides is 1. The molecule has 0 aliphatic rings. The molecule has 4 aromatic rings. The predicted molar refractivity (Wildman–Crippen MR) is 103 cm³/mol. The van der Waals surface area contributed by atoms with Gasteiger partial charge in [-0.05, 0) is 31.2 Å². The Bertz CT molecular complexity index is 1070. The van der Waals surface area contributed by atoms with Crippen LogP contribution in [-0.2, 0) is 0 Å². The van der Waals surface area contributed by atoms with E-state index in [0.717, 1.165) is 27.1 Å². The minimum atomic E-state index is -0.264. The number of pyridine rings is 1. The highest BCUT2D eigenvalue weighted by Crippen LogP contribution is 2.26. The fraction of sp³-hybridized carbons (Fsp3) is 0.0556. The minimum absolute atomic E-state index is 0.264. The van der Waals surface area contributed by atoms with Crippen molar-refractivity contribution in [2.75, 3.05) is 5.32 Å². The summed E-state index contributed by atoms with van der Waals surface area (Å²) in [6.07, 6.45) is 1.74. The molecule has 124 valence electrons. The van der Waals surface area contributed by atoms with Crippen molar-refractivity contribution in [2.24, 2.45) is 0 Å². The molecule has 0 spiro atoms. The van der Waals surface area contributed by atoms with Crippen molar-refractivity contribution in [3.05, 3.63) is 69.9 Å². The quantitative estimate of drug-likeness (QED) is 0.526. The molecular weight excluding hydrogens is 400 g/mol. The number of carbonyl (C=O) groups is 1. The van der Waals surface area contributed by atoms with Crippen molar-refractivity contribution in [3.8, 4) is 11.3 Å². The van der Waals surface area contributed by atoms with Crippen molar-refractivity contribution < 1.29 is 4.79 Å². The summed E-state index contributed by atoms with van der Waals surface area (Å²) in [4.78, 5) is 21.3. The molecule has 0 saturated carbocycles. The van der Waals surface area contributed by atoms with Crippen LogP contribution in [0.3, 0.4) is 0 Å². The fourth-order valence-corrected chi connectivity index (χ4v) is 3.48. The number of benzene rings is 1. The molecule has 5 nitrogen and oxygen atoms in total. The first-order valence-electron chi connectivity index (χ1n) is 7.58. The average molecular weight is 413 g/mol. The van der Waals surface area contributed by atoms with Gasteiger partial charge in [0, 0.05) is 27.3 Å². The van der Waals surface area contributed by atoms with Gasteiger partial charge in [-0.15, -0.1) is 11.3 Å². The second-order valence-corrected chi connectivity index (χ2v) is 7.29. The molecule has 0 atom stereocenters. The Morgan fingerprint density at radius 1 is 1.16 bits per heavy atom. The fourth-order valence-electron chi connectivity index (χ4n) is 2.50. The number of nitrogens with zero attached hydrogens (tertiary/aromatic N) is 3. The number of rotatable bonds is 3. The Morgan fingerprint density at radius 3 is 2.72 bits per heavy atom. The molecule has 25 heavy (non-hydrogen) atoms. The van der Waals surface area contributed by atoms with Gasteiger partial charge in [0.1, 0.15) is 11.3 Å². The van der Waals surface area contributed by atoms with Crippen LogP contribution in [0.5, 0.6) is 0 Å². The maximum atomic E-state index is 12.5. The summed E-state index contributed by atoms with van der Waals surface area (Å²) >= 11 is 4.81. The van der Waals surface area contributed by atoms with Gasteiger partial charge in [0.2, 0.25) is 0 Å². The van der Waals surface area contributed by atoms with E-state index < -0.39 is 0 Å². The molecule has 0 unspecified atom stereocenters. The zero-order chi connectivity index (χ0) is 17.4. The monoisotopic (exact) mass is 412 g/mol. The highest BCUT2D eigenvalue weighted by Gasteiger charge is 2.14. The summed E-state index contributed by atoms with van der Waals surface area (Å²) < 4.78 is 2.91. The second kappa shape index (κ2) is 6.42. The van der Waals surface area contributed by atoms with E-state index in [-0.39, 0.29) is 5.91 Å². The van der Waals surface area contributed by atoms with Crippen LogP contribution in [0.1, 0.15) is 16.2 Å². The van der Waals surface area contributed by atoms with E-state index in [1.54, 1.807) is 6.20 Å². The maximum absolute atomic E-state index is 12.5. The molecular formula is C18H13BrN4OS. The minimum Gasteiger partial charge on any atom is -0.304 e. The van der Waals surface area contributed by atoms with Gasteiger partial charge in [-0.25, -0.2) is 9.97 Å². The van der Waals surface area contributed by atoms with Crippen LogP contribution in [0.4, 0.5) is 5.13 Å². The summed E-state index contributed by atoms with van der Waals surface area (Å²) in [5.74, 6) is -0.264. The molecule has 1 aromatic carbocycles. The summed E-state index contributed by atoms with van der Waals surface area (Å²) in [5.41, 5.74) is 3.98. The zero-order valence-corrected chi connectivity index (χ0v) is 15.6. The number of thiazole rings is 1. The van der Waals surface area contributed by atoms with Crippen molar-refractivity contribution in [1.82, 2.24) is 14.4 Å². The first-order valence-corrected chi connectivity index (χ1v) is 9.25. The predicted octanol–water partition coefficient (Wildman–Crippen LogP) is 4.78. The Balaban J connectivity index is 1.56. The normalized spacial score (nSPS) is 11.0. The Hall–Kier alpha value is -2.51. The molecule has 4 rings (SSSR count). The Labute approximate surface area is 156 Å². The number of fused-ring (bicyclic) bond motifs is 1. The number of halogens is 1. The third-order valence-electron chi connectivity index (χ3n) is 3.79. The molecule has 0 aliphatic heterocycles. The number of hydrogen-bond donors (Lipinski definition) is 1. The summed E-state index contributed by atoms with van der Waals surface area (Å²) in [6, 6.07) is 13.7. The van der Waals surface area contributed by atoms with E-state index in [4.69, 9.17) is 0 Å².